The first-order valence-corrected chi connectivity index (χ1v) is 6.92. The Kier molecular flexibility index (Phi) is 7.85. The Bertz CT molecular complexity index is 320. The van der Waals surface area contributed by atoms with E-state index in [0.29, 0.717) is 0 Å². The molecule has 104 valence electrons. The lowest BCUT2D eigenvalue weighted by molar-refractivity contribution is 0.0415. The highest BCUT2D eigenvalue weighted by atomic mass is 19.1. The maximum Gasteiger partial charge on any atom is 0.116 e. The van der Waals surface area contributed by atoms with Crippen molar-refractivity contribution in [2.24, 2.45) is 0 Å². The molecular formula is C16H27FO. The minimum atomic E-state index is -0.761. The maximum absolute atomic E-state index is 12.8. The summed E-state index contributed by atoms with van der Waals surface area (Å²) in [5.74, 6) is -0.462. The Labute approximate surface area is 111 Å². The summed E-state index contributed by atoms with van der Waals surface area (Å²) in [6.45, 7) is 10.9. The molecule has 1 saturated carbocycles. The zero-order valence-corrected chi connectivity index (χ0v) is 12.2. The van der Waals surface area contributed by atoms with Crippen molar-refractivity contribution in [1.82, 2.24) is 0 Å². The first-order chi connectivity index (χ1) is 8.49. The van der Waals surface area contributed by atoms with Gasteiger partial charge in [-0.25, -0.2) is 4.39 Å². The summed E-state index contributed by atoms with van der Waals surface area (Å²) in [4.78, 5) is 0. The van der Waals surface area contributed by atoms with Gasteiger partial charge in [-0.3, -0.25) is 0 Å². The molecule has 0 spiro atoms. The van der Waals surface area contributed by atoms with Crippen LogP contribution in [0.1, 0.15) is 59.8 Å². The molecule has 0 aromatic rings. The molecule has 1 aliphatic rings. The fraction of sp³-hybridized carbons (Fsp3) is 0.625. The highest BCUT2D eigenvalue weighted by molar-refractivity contribution is 5.39. The molecule has 1 nitrogen and oxygen atoms in total. The summed E-state index contributed by atoms with van der Waals surface area (Å²) in [6, 6.07) is 0. The topological polar surface area (TPSA) is 20.2 Å². The Balaban J connectivity index is 0.00000137. The van der Waals surface area contributed by atoms with Crippen molar-refractivity contribution >= 4 is 0 Å². The molecule has 0 amide bonds. The third kappa shape index (κ3) is 4.77. The molecule has 0 unspecified atom stereocenters. The van der Waals surface area contributed by atoms with Gasteiger partial charge < -0.3 is 5.11 Å². The molecule has 0 atom stereocenters. The van der Waals surface area contributed by atoms with E-state index in [2.05, 4.69) is 6.58 Å². The minimum Gasteiger partial charge on any atom is -0.385 e. The maximum atomic E-state index is 12.8. The van der Waals surface area contributed by atoms with E-state index in [0.717, 1.165) is 36.8 Å². The van der Waals surface area contributed by atoms with Gasteiger partial charge in [0.05, 0.1) is 5.60 Å². The Morgan fingerprint density at radius 3 is 2.11 bits per heavy atom. The lowest BCUT2D eigenvalue weighted by Gasteiger charge is -2.35. The van der Waals surface area contributed by atoms with Crippen LogP contribution in [0.5, 0.6) is 0 Å². The van der Waals surface area contributed by atoms with E-state index in [1.165, 1.54) is 12.5 Å². The van der Waals surface area contributed by atoms with Crippen LogP contribution < -0.4 is 0 Å². The molecule has 18 heavy (non-hydrogen) atoms. The predicted octanol–water partition coefficient (Wildman–Crippen LogP) is 5.08. The molecule has 0 heterocycles. The lowest BCUT2D eigenvalue weighted by atomic mass is 9.76. The highest BCUT2D eigenvalue weighted by Crippen LogP contribution is 2.37. The summed E-state index contributed by atoms with van der Waals surface area (Å²) in [6.07, 6.45) is 8.09. The fourth-order valence-electron chi connectivity index (χ4n) is 2.58. The van der Waals surface area contributed by atoms with Crippen molar-refractivity contribution in [3.8, 4) is 0 Å². The average Bonchev–Trinajstić information content (AvgIpc) is 2.32. The highest BCUT2D eigenvalue weighted by Gasteiger charge is 2.33. The summed E-state index contributed by atoms with van der Waals surface area (Å²) in [7, 11) is 0. The van der Waals surface area contributed by atoms with Crippen LogP contribution in [0, 0.1) is 0 Å². The number of halogens is 1. The van der Waals surface area contributed by atoms with Crippen LogP contribution in [0.3, 0.4) is 0 Å². The van der Waals surface area contributed by atoms with Gasteiger partial charge in [-0.15, -0.1) is 0 Å². The molecule has 1 aliphatic carbocycles. The molecule has 0 bridgehead atoms. The number of allylic oxidation sites excluding steroid dienone is 3. The SMILES string of the molecule is C=C(F)/C=C(C)\C(=C/C)C1(O)CCCCC1.CC. The molecule has 0 aliphatic heterocycles. The van der Waals surface area contributed by atoms with E-state index < -0.39 is 11.4 Å². The number of hydrogen-bond donors (Lipinski definition) is 1. The Morgan fingerprint density at radius 2 is 1.72 bits per heavy atom. The van der Waals surface area contributed by atoms with Crippen LogP contribution in [0.4, 0.5) is 4.39 Å². The van der Waals surface area contributed by atoms with Gasteiger partial charge in [0.1, 0.15) is 5.83 Å². The van der Waals surface area contributed by atoms with E-state index >= 15 is 0 Å². The zero-order valence-electron chi connectivity index (χ0n) is 12.2. The van der Waals surface area contributed by atoms with Crippen molar-refractivity contribution < 1.29 is 9.50 Å². The molecule has 0 aromatic heterocycles. The molecular weight excluding hydrogens is 227 g/mol. The largest absolute Gasteiger partial charge is 0.385 e. The van der Waals surface area contributed by atoms with Crippen LogP contribution >= 0.6 is 0 Å². The third-order valence-electron chi connectivity index (χ3n) is 3.27. The van der Waals surface area contributed by atoms with E-state index in [1.807, 2.05) is 33.8 Å². The van der Waals surface area contributed by atoms with Crippen molar-refractivity contribution in [1.29, 1.82) is 0 Å². The van der Waals surface area contributed by atoms with Gasteiger partial charge in [0.15, 0.2) is 0 Å². The van der Waals surface area contributed by atoms with Gasteiger partial charge in [-0.2, -0.15) is 0 Å². The van der Waals surface area contributed by atoms with Gasteiger partial charge in [0.25, 0.3) is 0 Å². The standard InChI is InChI=1S/C14H21FO.C2H6/c1-4-13(11(2)10-12(3)15)14(16)8-6-5-7-9-14;1-2/h4,10,16H,3,5-9H2,1-2H3;1-2H3/b11-10-,13-4+;. The second kappa shape index (κ2) is 8.25. The van der Waals surface area contributed by atoms with Crippen molar-refractivity contribution in [3.63, 3.8) is 0 Å². The van der Waals surface area contributed by atoms with Crippen LogP contribution in [0.25, 0.3) is 0 Å². The quantitative estimate of drug-likeness (QED) is 0.696. The van der Waals surface area contributed by atoms with Gasteiger partial charge >= 0.3 is 0 Å². The van der Waals surface area contributed by atoms with E-state index in [-0.39, 0.29) is 0 Å². The number of rotatable bonds is 3. The smallest absolute Gasteiger partial charge is 0.116 e. The summed E-state index contributed by atoms with van der Waals surface area (Å²) in [5, 5.41) is 10.6. The van der Waals surface area contributed by atoms with Crippen LogP contribution in [-0.4, -0.2) is 10.7 Å². The van der Waals surface area contributed by atoms with Crippen molar-refractivity contribution in [2.75, 3.05) is 0 Å². The van der Waals surface area contributed by atoms with Gasteiger partial charge in [-0.1, -0.05) is 45.8 Å². The Hall–Kier alpha value is -0.890. The molecule has 1 fully saturated rings. The summed E-state index contributed by atoms with van der Waals surface area (Å²) in [5.41, 5.74) is 0.869. The van der Waals surface area contributed by atoms with Gasteiger partial charge in [0.2, 0.25) is 0 Å². The second-order valence-electron chi connectivity index (χ2n) is 4.57. The normalized spacial score (nSPS) is 19.9. The van der Waals surface area contributed by atoms with Crippen molar-refractivity contribution in [3.05, 3.63) is 35.7 Å². The molecule has 1 rings (SSSR count). The Morgan fingerprint density at radius 1 is 1.22 bits per heavy atom. The molecule has 0 saturated heterocycles. The van der Waals surface area contributed by atoms with E-state index in [9.17, 15) is 9.50 Å². The molecule has 2 heteroatoms. The summed E-state index contributed by atoms with van der Waals surface area (Å²) < 4.78 is 12.8. The zero-order chi connectivity index (χ0) is 14.2. The second-order valence-corrected chi connectivity index (χ2v) is 4.57. The fourth-order valence-corrected chi connectivity index (χ4v) is 2.58. The molecule has 0 radical (unpaired) electrons. The third-order valence-corrected chi connectivity index (χ3v) is 3.27. The van der Waals surface area contributed by atoms with E-state index in [1.54, 1.807) is 0 Å². The van der Waals surface area contributed by atoms with E-state index in [4.69, 9.17) is 0 Å². The number of hydrogen-bond acceptors (Lipinski definition) is 1. The van der Waals surface area contributed by atoms with Gasteiger partial charge in [-0.05, 0) is 43.9 Å². The van der Waals surface area contributed by atoms with Gasteiger partial charge in [0, 0.05) is 0 Å². The molecule has 0 aromatic carbocycles. The lowest BCUT2D eigenvalue weighted by Crippen LogP contribution is -2.34. The number of aliphatic hydroxyl groups is 1. The predicted molar refractivity (Wildman–Crippen MR) is 77.1 cm³/mol. The minimum absolute atomic E-state index is 0.462. The monoisotopic (exact) mass is 254 g/mol. The van der Waals surface area contributed by atoms with Crippen molar-refractivity contribution in [2.45, 2.75) is 65.4 Å². The molecule has 1 N–H and O–H groups in total. The first-order valence-electron chi connectivity index (χ1n) is 6.92. The van der Waals surface area contributed by atoms with Crippen LogP contribution in [-0.2, 0) is 0 Å². The van der Waals surface area contributed by atoms with Crippen LogP contribution in [0.15, 0.2) is 35.7 Å². The average molecular weight is 254 g/mol. The summed E-state index contributed by atoms with van der Waals surface area (Å²) >= 11 is 0. The van der Waals surface area contributed by atoms with Crippen LogP contribution in [0.2, 0.25) is 0 Å². The first kappa shape index (κ1) is 17.1.